The third kappa shape index (κ3) is 3.08. The molecule has 2 rings (SSSR count). The lowest BCUT2D eigenvalue weighted by Crippen LogP contribution is -2.19. The van der Waals surface area contributed by atoms with Crippen LogP contribution in [0, 0.1) is 6.92 Å². The second-order valence-electron chi connectivity index (χ2n) is 4.64. The van der Waals surface area contributed by atoms with E-state index < -0.39 is 5.97 Å². The van der Waals surface area contributed by atoms with Gasteiger partial charge in [-0.3, -0.25) is 0 Å². The van der Waals surface area contributed by atoms with Gasteiger partial charge in [0.05, 0.1) is 10.6 Å². The molecule has 5 heteroatoms. The van der Waals surface area contributed by atoms with Gasteiger partial charge in [0.1, 0.15) is 5.82 Å². The summed E-state index contributed by atoms with van der Waals surface area (Å²) in [6, 6.07) is 9.52. The first-order valence-electron chi connectivity index (χ1n) is 6.13. The number of carboxylic acid groups (broad SMARTS) is 1. The lowest BCUT2D eigenvalue weighted by atomic mass is 10.1. The molecule has 0 aliphatic heterocycles. The van der Waals surface area contributed by atoms with Crippen molar-refractivity contribution in [2.24, 2.45) is 0 Å². The Hall–Kier alpha value is -2.07. The van der Waals surface area contributed by atoms with Crippen LogP contribution in [0.15, 0.2) is 36.5 Å². The monoisotopic (exact) mass is 290 g/mol. The highest BCUT2D eigenvalue weighted by atomic mass is 35.5. The average molecular weight is 291 g/mol. The van der Waals surface area contributed by atoms with Crippen molar-refractivity contribution in [3.8, 4) is 0 Å². The maximum absolute atomic E-state index is 11.1. The minimum atomic E-state index is -1.05. The molecule has 0 saturated carbocycles. The minimum absolute atomic E-state index is 0.0624. The van der Waals surface area contributed by atoms with E-state index in [2.05, 4.69) is 4.98 Å². The van der Waals surface area contributed by atoms with E-state index in [1.165, 1.54) is 17.8 Å². The molecule has 4 nitrogen and oxygen atoms in total. The van der Waals surface area contributed by atoms with Crippen molar-refractivity contribution >= 4 is 23.4 Å². The molecule has 0 fully saturated rings. The Morgan fingerprint density at radius 3 is 2.55 bits per heavy atom. The van der Waals surface area contributed by atoms with Crippen LogP contribution in [0.5, 0.6) is 0 Å². The van der Waals surface area contributed by atoms with Crippen molar-refractivity contribution in [1.29, 1.82) is 0 Å². The third-order valence-electron chi connectivity index (χ3n) is 3.00. The largest absolute Gasteiger partial charge is 0.478 e. The van der Waals surface area contributed by atoms with E-state index in [9.17, 15) is 4.79 Å². The number of nitrogens with zero attached hydrogens (tertiary/aromatic N) is 2. The van der Waals surface area contributed by atoms with E-state index >= 15 is 0 Å². The fourth-order valence-electron chi connectivity index (χ4n) is 1.91. The van der Waals surface area contributed by atoms with E-state index in [1.54, 1.807) is 0 Å². The zero-order valence-corrected chi connectivity index (χ0v) is 12.1. The van der Waals surface area contributed by atoms with Gasteiger partial charge in [0.15, 0.2) is 0 Å². The second kappa shape index (κ2) is 5.92. The van der Waals surface area contributed by atoms with Gasteiger partial charge in [-0.25, -0.2) is 9.78 Å². The first-order valence-corrected chi connectivity index (χ1v) is 6.51. The molecule has 104 valence electrons. The van der Waals surface area contributed by atoms with Crippen LogP contribution >= 0.6 is 11.6 Å². The summed E-state index contributed by atoms with van der Waals surface area (Å²) >= 11 is 6.11. The molecule has 0 saturated heterocycles. The molecule has 0 spiro atoms. The van der Waals surface area contributed by atoms with Crippen molar-refractivity contribution < 1.29 is 9.90 Å². The molecule has 0 unspecified atom stereocenters. The summed E-state index contributed by atoms with van der Waals surface area (Å²) in [5, 5.41) is 9.22. The number of aromatic nitrogens is 1. The number of hydrogen-bond donors (Lipinski definition) is 1. The van der Waals surface area contributed by atoms with E-state index in [-0.39, 0.29) is 10.6 Å². The van der Waals surface area contributed by atoms with Crippen LogP contribution in [0.4, 0.5) is 5.82 Å². The van der Waals surface area contributed by atoms with E-state index in [0.29, 0.717) is 12.4 Å². The minimum Gasteiger partial charge on any atom is -0.478 e. The zero-order chi connectivity index (χ0) is 14.7. The van der Waals surface area contributed by atoms with Gasteiger partial charge in [-0.1, -0.05) is 41.4 Å². The fourth-order valence-corrected chi connectivity index (χ4v) is 2.24. The first-order chi connectivity index (χ1) is 9.49. The SMILES string of the molecule is Cc1ccc(CN(C)c2nccc(C(=O)O)c2Cl)cc1. The van der Waals surface area contributed by atoms with Gasteiger partial charge in [0.2, 0.25) is 0 Å². The molecule has 0 amide bonds. The summed E-state index contributed by atoms with van der Waals surface area (Å²) in [7, 11) is 1.83. The summed E-state index contributed by atoms with van der Waals surface area (Å²) < 4.78 is 0. The lowest BCUT2D eigenvalue weighted by molar-refractivity contribution is 0.0697. The molecule has 0 aliphatic carbocycles. The zero-order valence-electron chi connectivity index (χ0n) is 11.3. The Morgan fingerprint density at radius 2 is 1.95 bits per heavy atom. The van der Waals surface area contributed by atoms with Gasteiger partial charge in [-0.2, -0.15) is 0 Å². The van der Waals surface area contributed by atoms with Gasteiger partial charge in [0.25, 0.3) is 0 Å². The van der Waals surface area contributed by atoms with Gasteiger partial charge < -0.3 is 10.0 Å². The molecule has 0 aliphatic rings. The summed E-state index contributed by atoms with van der Waals surface area (Å²) in [4.78, 5) is 17.1. The molecule has 1 aromatic heterocycles. The predicted molar refractivity (Wildman–Crippen MR) is 79.5 cm³/mol. The molecule has 1 heterocycles. The molecule has 1 N–H and O–H groups in total. The number of benzene rings is 1. The van der Waals surface area contributed by atoms with Crippen molar-refractivity contribution in [3.63, 3.8) is 0 Å². The highest BCUT2D eigenvalue weighted by Crippen LogP contribution is 2.27. The van der Waals surface area contributed by atoms with Gasteiger partial charge in [-0.05, 0) is 18.6 Å². The van der Waals surface area contributed by atoms with Crippen LogP contribution in [-0.2, 0) is 6.54 Å². The Morgan fingerprint density at radius 1 is 1.30 bits per heavy atom. The van der Waals surface area contributed by atoms with Gasteiger partial charge in [-0.15, -0.1) is 0 Å². The Kier molecular flexibility index (Phi) is 4.25. The molecule has 0 atom stereocenters. The van der Waals surface area contributed by atoms with Crippen molar-refractivity contribution in [1.82, 2.24) is 4.98 Å². The highest BCUT2D eigenvalue weighted by molar-refractivity contribution is 6.35. The number of halogens is 1. The quantitative estimate of drug-likeness (QED) is 0.938. The van der Waals surface area contributed by atoms with Crippen LogP contribution < -0.4 is 4.90 Å². The number of carboxylic acids is 1. The molecular weight excluding hydrogens is 276 g/mol. The number of aryl methyl sites for hydroxylation is 1. The van der Waals surface area contributed by atoms with E-state index in [0.717, 1.165) is 5.56 Å². The van der Waals surface area contributed by atoms with Gasteiger partial charge >= 0.3 is 5.97 Å². The first kappa shape index (κ1) is 14.3. The van der Waals surface area contributed by atoms with Crippen LogP contribution in [0.25, 0.3) is 0 Å². The summed E-state index contributed by atoms with van der Waals surface area (Å²) in [6.45, 7) is 2.64. The number of rotatable bonds is 4. The number of anilines is 1. The molecule has 0 radical (unpaired) electrons. The van der Waals surface area contributed by atoms with Crippen molar-refractivity contribution in [2.45, 2.75) is 13.5 Å². The van der Waals surface area contributed by atoms with Crippen LogP contribution in [-0.4, -0.2) is 23.1 Å². The van der Waals surface area contributed by atoms with Crippen molar-refractivity contribution in [3.05, 3.63) is 58.2 Å². The Bertz CT molecular complexity index is 626. The molecule has 20 heavy (non-hydrogen) atoms. The Labute approximate surface area is 122 Å². The lowest BCUT2D eigenvalue weighted by Gasteiger charge is -2.20. The summed E-state index contributed by atoms with van der Waals surface area (Å²) in [5.41, 5.74) is 2.37. The van der Waals surface area contributed by atoms with Crippen LogP contribution in [0.2, 0.25) is 5.02 Å². The van der Waals surface area contributed by atoms with Gasteiger partial charge in [0, 0.05) is 19.8 Å². The normalized spacial score (nSPS) is 10.3. The summed E-state index contributed by atoms with van der Waals surface area (Å²) in [6.07, 6.45) is 1.45. The average Bonchev–Trinajstić information content (AvgIpc) is 2.41. The van der Waals surface area contributed by atoms with E-state index in [1.807, 2.05) is 43.1 Å². The van der Waals surface area contributed by atoms with E-state index in [4.69, 9.17) is 16.7 Å². The number of pyridine rings is 1. The van der Waals surface area contributed by atoms with Crippen molar-refractivity contribution in [2.75, 3.05) is 11.9 Å². The highest BCUT2D eigenvalue weighted by Gasteiger charge is 2.16. The third-order valence-corrected chi connectivity index (χ3v) is 3.38. The fraction of sp³-hybridized carbons (Fsp3) is 0.200. The summed E-state index contributed by atoms with van der Waals surface area (Å²) in [5.74, 6) is -0.588. The predicted octanol–water partition coefficient (Wildman–Crippen LogP) is 3.38. The van der Waals surface area contributed by atoms with Crippen LogP contribution in [0.1, 0.15) is 21.5 Å². The number of aromatic carboxylic acids is 1. The molecule has 1 aromatic carbocycles. The maximum Gasteiger partial charge on any atom is 0.337 e. The number of hydrogen-bond acceptors (Lipinski definition) is 3. The number of carbonyl (C=O) groups is 1. The second-order valence-corrected chi connectivity index (χ2v) is 5.02. The standard InChI is InChI=1S/C15H15ClN2O2/c1-10-3-5-11(6-4-10)9-18(2)14-13(16)12(15(19)20)7-8-17-14/h3-8H,9H2,1-2H3,(H,19,20). The Balaban J connectivity index is 2.25. The van der Waals surface area contributed by atoms with Crippen LogP contribution in [0.3, 0.4) is 0 Å². The molecular formula is C15H15ClN2O2. The smallest absolute Gasteiger partial charge is 0.337 e. The molecule has 0 bridgehead atoms. The maximum atomic E-state index is 11.1. The molecule has 2 aromatic rings. The topological polar surface area (TPSA) is 53.4 Å².